The average Bonchev–Trinajstić information content (AvgIpc) is 3.02. The summed E-state index contributed by atoms with van der Waals surface area (Å²) in [6.07, 6.45) is 6.17. The molecule has 0 atom stereocenters. The Labute approximate surface area is 166 Å². The quantitative estimate of drug-likeness (QED) is 0.654. The number of halogens is 1. The molecule has 0 spiro atoms. The van der Waals surface area contributed by atoms with Crippen LogP contribution >= 0.6 is 0 Å². The maximum absolute atomic E-state index is 14.5. The monoisotopic (exact) mass is 381 g/mol. The van der Waals surface area contributed by atoms with Crippen LogP contribution in [0.5, 0.6) is 5.75 Å². The number of carbonyl (C=O) groups excluding carboxylic acids is 1. The third kappa shape index (κ3) is 4.06. The molecule has 28 heavy (non-hydrogen) atoms. The minimum Gasteiger partial charge on any atom is -0.486 e. The van der Waals surface area contributed by atoms with Crippen molar-refractivity contribution in [2.24, 2.45) is 11.8 Å². The van der Waals surface area contributed by atoms with Gasteiger partial charge in [-0.15, -0.1) is 0 Å². The number of hydrogen-bond acceptors (Lipinski definition) is 2. The fourth-order valence-electron chi connectivity index (χ4n) is 4.50. The Morgan fingerprint density at radius 1 is 1.07 bits per heavy atom. The molecule has 1 aliphatic carbocycles. The zero-order valence-corrected chi connectivity index (χ0v) is 16.5. The zero-order chi connectivity index (χ0) is 19.5. The molecule has 1 heterocycles. The van der Waals surface area contributed by atoms with Gasteiger partial charge in [0.1, 0.15) is 6.61 Å². The van der Waals surface area contributed by atoms with E-state index in [0.717, 1.165) is 23.6 Å². The molecule has 0 unspecified atom stereocenters. The summed E-state index contributed by atoms with van der Waals surface area (Å²) in [7, 11) is 0. The molecule has 4 heteroatoms. The summed E-state index contributed by atoms with van der Waals surface area (Å²) in [4.78, 5) is 14.8. The Morgan fingerprint density at radius 2 is 1.79 bits per heavy atom. The summed E-state index contributed by atoms with van der Waals surface area (Å²) in [6, 6.07) is 12.7. The van der Waals surface area contributed by atoms with Crippen LogP contribution < -0.4 is 4.74 Å². The fraction of sp³-hybridized carbons (Fsp3) is 0.458. The molecular weight excluding hydrogens is 353 g/mol. The number of amides is 1. The molecule has 0 aromatic heterocycles. The van der Waals surface area contributed by atoms with Crippen LogP contribution in [0.2, 0.25) is 0 Å². The van der Waals surface area contributed by atoms with Crippen molar-refractivity contribution in [3.63, 3.8) is 0 Å². The van der Waals surface area contributed by atoms with Gasteiger partial charge < -0.3 is 9.64 Å². The van der Waals surface area contributed by atoms with E-state index in [1.165, 1.54) is 38.2 Å². The van der Waals surface area contributed by atoms with Gasteiger partial charge in [0, 0.05) is 18.7 Å². The molecule has 1 fully saturated rings. The van der Waals surface area contributed by atoms with E-state index >= 15 is 0 Å². The molecule has 4 rings (SSSR count). The largest absolute Gasteiger partial charge is 0.486 e. The van der Waals surface area contributed by atoms with Crippen molar-refractivity contribution < 1.29 is 13.9 Å². The number of nitrogens with zero attached hydrogens (tertiary/aromatic N) is 1. The predicted octanol–water partition coefficient (Wildman–Crippen LogP) is 5.58. The van der Waals surface area contributed by atoms with Gasteiger partial charge in [-0.1, -0.05) is 56.5 Å². The molecule has 0 saturated heterocycles. The summed E-state index contributed by atoms with van der Waals surface area (Å²) in [6.45, 7) is 3.84. The van der Waals surface area contributed by atoms with Crippen molar-refractivity contribution in [3.8, 4) is 5.75 Å². The molecule has 2 aromatic rings. The zero-order valence-electron chi connectivity index (χ0n) is 16.5. The van der Waals surface area contributed by atoms with E-state index in [0.29, 0.717) is 18.0 Å². The molecule has 0 bridgehead atoms. The normalized spacial score (nSPS) is 21.6. The SMILES string of the molecule is CC[C@H]1CC[C@H](CN2Cc3cc(F)c(OCc4ccccc4)cc3C2=O)CC1. The second kappa shape index (κ2) is 8.34. The maximum Gasteiger partial charge on any atom is 0.254 e. The summed E-state index contributed by atoms with van der Waals surface area (Å²) < 4.78 is 20.1. The van der Waals surface area contributed by atoms with Crippen LogP contribution in [0.25, 0.3) is 0 Å². The lowest BCUT2D eigenvalue weighted by Crippen LogP contribution is -2.31. The summed E-state index contributed by atoms with van der Waals surface area (Å²) in [5.41, 5.74) is 2.33. The minimum atomic E-state index is -0.396. The molecule has 1 aliphatic heterocycles. The molecule has 1 amide bonds. The van der Waals surface area contributed by atoms with Gasteiger partial charge in [0.15, 0.2) is 11.6 Å². The van der Waals surface area contributed by atoms with Gasteiger partial charge in [0.2, 0.25) is 0 Å². The highest BCUT2D eigenvalue weighted by Gasteiger charge is 2.32. The highest BCUT2D eigenvalue weighted by molar-refractivity contribution is 5.98. The summed E-state index contributed by atoms with van der Waals surface area (Å²) in [5.74, 6) is 1.19. The molecule has 0 N–H and O–H groups in total. The van der Waals surface area contributed by atoms with E-state index in [1.807, 2.05) is 35.2 Å². The average molecular weight is 381 g/mol. The molecule has 1 saturated carbocycles. The summed E-state index contributed by atoms with van der Waals surface area (Å²) in [5, 5.41) is 0. The van der Waals surface area contributed by atoms with Crippen molar-refractivity contribution in [1.29, 1.82) is 0 Å². The molecule has 0 radical (unpaired) electrons. The van der Waals surface area contributed by atoms with E-state index in [4.69, 9.17) is 4.74 Å². The topological polar surface area (TPSA) is 29.5 Å². The minimum absolute atomic E-state index is 0.0113. The lowest BCUT2D eigenvalue weighted by Gasteiger charge is -2.30. The molecule has 2 aliphatic rings. The highest BCUT2D eigenvalue weighted by Crippen LogP contribution is 2.34. The van der Waals surface area contributed by atoms with Crippen molar-refractivity contribution >= 4 is 5.91 Å². The number of rotatable bonds is 6. The second-order valence-corrected chi connectivity index (χ2v) is 8.19. The van der Waals surface area contributed by atoms with Gasteiger partial charge in [-0.05, 0) is 47.9 Å². The molecular formula is C24H28FNO2. The van der Waals surface area contributed by atoms with Crippen molar-refractivity contribution in [1.82, 2.24) is 4.90 Å². The molecule has 148 valence electrons. The second-order valence-electron chi connectivity index (χ2n) is 8.19. The van der Waals surface area contributed by atoms with Crippen molar-refractivity contribution in [3.05, 3.63) is 65.0 Å². The van der Waals surface area contributed by atoms with Crippen LogP contribution in [0.1, 0.15) is 60.5 Å². The van der Waals surface area contributed by atoms with Gasteiger partial charge in [-0.25, -0.2) is 4.39 Å². The smallest absolute Gasteiger partial charge is 0.254 e. The highest BCUT2D eigenvalue weighted by atomic mass is 19.1. The van der Waals surface area contributed by atoms with Crippen LogP contribution in [0.4, 0.5) is 4.39 Å². The molecule has 2 aromatic carbocycles. The first-order chi connectivity index (χ1) is 13.6. The Kier molecular flexibility index (Phi) is 5.65. The van der Waals surface area contributed by atoms with Crippen molar-refractivity contribution in [2.75, 3.05) is 6.54 Å². The van der Waals surface area contributed by atoms with E-state index in [2.05, 4.69) is 6.92 Å². The number of fused-ring (bicyclic) bond motifs is 1. The summed E-state index contributed by atoms with van der Waals surface area (Å²) >= 11 is 0. The lowest BCUT2D eigenvalue weighted by molar-refractivity contribution is 0.0729. The van der Waals surface area contributed by atoms with E-state index in [-0.39, 0.29) is 18.3 Å². The Bertz CT molecular complexity index is 828. The fourth-order valence-corrected chi connectivity index (χ4v) is 4.50. The first-order valence-corrected chi connectivity index (χ1v) is 10.4. The van der Waals surface area contributed by atoms with E-state index in [1.54, 1.807) is 6.07 Å². The standard InChI is InChI=1S/C24H28FNO2/c1-2-17-8-10-18(11-9-17)14-26-15-20-12-22(25)23(13-21(20)24(26)27)28-16-19-6-4-3-5-7-19/h3-7,12-13,17-18H,2,8-11,14-16H2,1H3/t17-,18-. The van der Waals surface area contributed by atoms with Crippen LogP contribution in [-0.2, 0) is 13.2 Å². The van der Waals surface area contributed by atoms with Gasteiger partial charge in [-0.3, -0.25) is 4.79 Å². The van der Waals surface area contributed by atoms with E-state index in [9.17, 15) is 9.18 Å². The number of benzene rings is 2. The third-order valence-corrected chi connectivity index (χ3v) is 6.30. The third-order valence-electron chi connectivity index (χ3n) is 6.30. The Balaban J connectivity index is 1.41. The number of ether oxygens (including phenoxy) is 1. The van der Waals surface area contributed by atoms with E-state index < -0.39 is 5.82 Å². The Morgan fingerprint density at radius 3 is 2.50 bits per heavy atom. The number of hydrogen-bond donors (Lipinski definition) is 0. The van der Waals surface area contributed by atoms with Crippen LogP contribution in [0.3, 0.4) is 0 Å². The van der Waals surface area contributed by atoms with Gasteiger partial charge in [-0.2, -0.15) is 0 Å². The van der Waals surface area contributed by atoms with Gasteiger partial charge in [0.05, 0.1) is 0 Å². The molecule has 3 nitrogen and oxygen atoms in total. The first kappa shape index (κ1) is 19.0. The predicted molar refractivity (Wildman–Crippen MR) is 108 cm³/mol. The van der Waals surface area contributed by atoms with Crippen LogP contribution in [0, 0.1) is 17.7 Å². The van der Waals surface area contributed by atoms with Crippen LogP contribution in [0.15, 0.2) is 42.5 Å². The lowest BCUT2D eigenvalue weighted by atomic mass is 9.80. The van der Waals surface area contributed by atoms with Gasteiger partial charge >= 0.3 is 0 Å². The van der Waals surface area contributed by atoms with Crippen molar-refractivity contribution in [2.45, 2.75) is 52.2 Å². The van der Waals surface area contributed by atoms with Gasteiger partial charge in [0.25, 0.3) is 5.91 Å². The Hall–Kier alpha value is -2.36. The number of carbonyl (C=O) groups is 1. The first-order valence-electron chi connectivity index (χ1n) is 10.4. The maximum atomic E-state index is 14.5. The van der Waals surface area contributed by atoms with Crippen LogP contribution in [-0.4, -0.2) is 17.4 Å².